The van der Waals surface area contributed by atoms with E-state index in [4.69, 9.17) is 0 Å². The number of fused-ring (bicyclic) bond motifs is 4. The summed E-state index contributed by atoms with van der Waals surface area (Å²) in [6.07, 6.45) is 16.9. The van der Waals surface area contributed by atoms with Crippen LogP contribution >= 0.6 is 0 Å². The average molecular weight is 387 g/mol. The molecule has 3 aliphatic rings. The molecule has 5 rings (SSSR count). The topological polar surface area (TPSA) is 0 Å². The Morgan fingerprint density at radius 1 is 0.655 bits per heavy atom. The lowest BCUT2D eigenvalue weighted by molar-refractivity contribution is -0.0508. The third-order valence-corrected chi connectivity index (χ3v) is 9.30. The van der Waals surface area contributed by atoms with Crippen LogP contribution in [0.5, 0.6) is 0 Å². The van der Waals surface area contributed by atoms with Gasteiger partial charge < -0.3 is 0 Å². The molecule has 2 aromatic rings. The van der Waals surface area contributed by atoms with Crippen LogP contribution in [-0.4, -0.2) is 0 Å². The van der Waals surface area contributed by atoms with Crippen molar-refractivity contribution in [3.63, 3.8) is 0 Å². The normalized spacial score (nSPS) is 29.3. The molecular formula is C29H38. The minimum atomic E-state index is 0.224. The SMILES string of the molecule is CCCCC1(C23CCCCC2(CCC)CCC3)c2ccccc2-c2ccccc21. The van der Waals surface area contributed by atoms with Crippen molar-refractivity contribution >= 4 is 0 Å². The van der Waals surface area contributed by atoms with Crippen LogP contribution in [0, 0.1) is 10.8 Å². The first kappa shape index (κ1) is 19.4. The second-order valence-electron chi connectivity index (χ2n) is 10.3. The van der Waals surface area contributed by atoms with Gasteiger partial charge in [-0.3, -0.25) is 0 Å². The fourth-order valence-electron chi connectivity index (χ4n) is 8.52. The van der Waals surface area contributed by atoms with Crippen molar-refractivity contribution in [1.29, 1.82) is 0 Å². The monoisotopic (exact) mass is 386 g/mol. The van der Waals surface area contributed by atoms with Gasteiger partial charge in [0.25, 0.3) is 0 Å². The molecule has 2 aromatic carbocycles. The summed E-state index contributed by atoms with van der Waals surface area (Å²) >= 11 is 0. The molecule has 0 aromatic heterocycles. The van der Waals surface area contributed by atoms with Crippen LogP contribution in [0.25, 0.3) is 11.1 Å². The third-order valence-electron chi connectivity index (χ3n) is 9.30. The van der Waals surface area contributed by atoms with Gasteiger partial charge in [0.2, 0.25) is 0 Å². The molecule has 0 saturated heterocycles. The molecule has 0 spiro atoms. The van der Waals surface area contributed by atoms with Gasteiger partial charge in [-0.15, -0.1) is 0 Å². The van der Waals surface area contributed by atoms with E-state index >= 15 is 0 Å². The molecular weight excluding hydrogens is 348 g/mol. The van der Waals surface area contributed by atoms with Gasteiger partial charge in [-0.25, -0.2) is 0 Å². The standard InChI is InChI=1S/C29H38/c1-3-5-22-29(28-20-11-10-18-27(28,17-4-2)19-12-21-28)25-15-8-6-13-23(25)24-14-7-9-16-26(24)29/h6-9,13-16H,3-5,10-12,17-22H2,1-2H3. The van der Waals surface area contributed by atoms with E-state index < -0.39 is 0 Å². The summed E-state index contributed by atoms with van der Waals surface area (Å²) in [6, 6.07) is 19.0. The lowest BCUT2D eigenvalue weighted by Crippen LogP contribution is -2.55. The van der Waals surface area contributed by atoms with E-state index in [1.165, 1.54) is 88.2 Å². The largest absolute Gasteiger partial charge is 0.0654 e. The maximum atomic E-state index is 2.52. The lowest BCUT2D eigenvalue weighted by Gasteiger charge is -2.60. The Hall–Kier alpha value is -1.56. The van der Waals surface area contributed by atoms with E-state index in [9.17, 15) is 0 Å². The summed E-state index contributed by atoms with van der Waals surface area (Å²) < 4.78 is 0. The van der Waals surface area contributed by atoms with Crippen LogP contribution in [0.3, 0.4) is 0 Å². The zero-order chi connectivity index (χ0) is 20.0. The maximum Gasteiger partial charge on any atom is 0.0276 e. The van der Waals surface area contributed by atoms with Crippen LogP contribution in [0.1, 0.15) is 102 Å². The van der Waals surface area contributed by atoms with Gasteiger partial charge in [-0.1, -0.05) is 101 Å². The Kier molecular flexibility index (Phi) is 4.88. The van der Waals surface area contributed by atoms with Crippen LogP contribution in [0.15, 0.2) is 48.5 Å². The number of hydrogen-bond donors (Lipinski definition) is 0. The highest BCUT2D eigenvalue weighted by Gasteiger charge is 2.66. The molecule has 2 fully saturated rings. The van der Waals surface area contributed by atoms with Crippen molar-refractivity contribution in [3.8, 4) is 11.1 Å². The van der Waals surface area contributed by atoms with E-state index in [1.54, 1.807) is 11.1 Å². The van der Waals surface area contributed by atoms with Gasteiger partial charge in [0.05, 0.1) is 0 Å². The van der Waals surface area contributed by atoms with Crippen molar-refractivity contribution in [2.24, 2.45) is 10.8 Å². The molecule has 0 nitrogen and oxygen atoms in total. The minimum Gasteiger partial charge on any atom is -0.0654 e. The van der Waals surface area contributed by atoms with Crippen molar-refractivity contribution < 1.29 is 0 Å². The fraction of sp³-hybridized carbons (Fsp3) is 0.586. The second kappa shape index (κ2) is 7.29. The summed E-state index contributed by atoms with van der Waals surface area (Å²) in [5.74, 6) is 0. The van der Waals surface area contributed by atoms with Crippen LogP contribution in [0.2, 0.25) is 0 Å². The molecule has 0 heteroatoms. The van der Waals surface area contributed by atoms with Crippen molar-refractivity contribution in [3.05, 3.63) is 59.7 Å². The summed E-state index contributed by atoms with van der Waals surface area (Å²) in [5.41, 5.74) is 7.66. The summed E-state index contributed by atoms with van der Waals surface area (Å²) in [7, 11) is 0. The van der Waals surface area contributed by atoms with E-state index in [1.807, 2.05) is 0 Å². The van der Waals surface area contributed by atoms with Crippen LogP contribution in [0.4, 0.5) is 0 Å². The number of benzene rings is 2. The Bertz CT molecular complexity index is 828. The molecule has 0 heterocycles. The van der Waals surface area contributed by atoms with Gasteiger partial charge in [-0.05, 0) is 71.6 Å². The lowest BCUT2D eigenvalue weighted by atomic mass is 9.43. The first-order valence-corrected chi connectivity index (χ1v) is 12.4. The van der Waals surface area contributed by atoms with Crippen molar-refractivity contribution in [1.82, 2.24) is 0 Å². The molecule has 0 radical (unpaired) electrons. The van der Waals surface area contributed by atoms with E-state index in [-0.39, 0.29) is 5.41 Å². The number of unbranched alkanes of at least 4 members (excludes halogenated alkanes) is 1. The molecule has 29 heavy (non-hydrogen) atoms. The zero-order valence-electron chi connectivity index (χ0n) is 18.6. The molecule has 0 N–H and O–H groups in total. The average Bonchev–Trinajstić information content (AvgIpc) is 3.28. The summed E-state index contributed by atoms with van der Waals surface area (Å²) in [6.45, 7) is 4.81. The molecule has 0 aliphatic heterocycles. The highest BCUT2D eigenvalue weighted by molar-refractivity contribution is 5.82. The molecule has 3 aliphatic carbocycles. The Balaban J connectivity index is 1.83. The van der Waals surface area contributed by atoms with Crippen LogP contribution < -0.4 is 0 Å². The fourth-order valence-corrected chi connectivity index (χ4v) is 8.52. The predicted octanol–water partition coefficient (Wildman–Crippen LogP) is 8.67. The smallest absolute Gasteiger partial charge is 0.0276 e. The number of hydrogen-bond acceptors (Lipinski definition) is 0. The van der Waals surface area contributed by atoms with Gasteiger partial charge in [0.1, 0.15) is 0 Å². The molecule has 2 unspecified atom stereocenters. The Morgan fingerprint density at radius 2 is 1.24 bits per heavy atom. The first-order chi connectivity index (χ1) is 14.2. The molecule has 0 bridgehead atoms. The third kappa shape index (κ3) is 2.44. The van der Waals surface area contributed by atoms with Gasteiger partial charge in [0.15, 0.2) is 0 Å². The van der Waals surface area contributed by atoms with E-state index in [0.29, 0.717) is 10.8 Å². The predicted molar refractivity (Wildman–Crippen MR) is 124 cm³/mol. The van der Waals surface area contributed by atoms with Gasteiger partial charge in [-0.2, -0.15) is 0 Å². The van der Waals surface area contributed by atoms with E-state index in [2.05, 4.69) is 62.4 Å². The first-order valence-electron chi connectivity index (χ1n) is 12.4. The van der Waals surface area contributed by atoms with Crippen molar-refractivity contribution in [2.45, 2.75) is 96.3 Å². The summed E-state index contributed by atoms with van der Waals surface area (Å²) in [4.78, 5) is 0. The Morgan fingerprint density at radius 3 is 1.90 bits per heavy atom. The van der Waals surface area contributed by atoms with Gasteiger partial charge >= 0.3 is 0 Å². The van der Waals surface area contributed by atoms with Crippen molar-refractivity contribution in [2.75, 3.05) is 0 Å². The molecule has 0 amide bonds. The maximum absolute atomic E-state index is 2.52. The second-order valence-corrected chi connectivity index (χ2v) is 10.3. The zero-order valence-corrected chi connectivity index (χ0v) is 18.6. The quantitative estimate of drug-likeness (QED) is 0.466. The van der Waals surface area contributed by atoms with Crippen LogP contribution in [-0.2, 0) is 5.41 Å². The highest BCUT2D eigenvalue weighted by Crippen LogP contribution is 2.75. The molecule has 2 saturated carbocycles. The minimum absolute atomic E-state index is 0.224. The highest BCUT2D eigenvalue weighted by atomic mass is 14.7. The molecule has 2 atom stereocenters. The summed E-state index contributed by atoms with van der Waals surface area (Å²) in [5, 5.41) is 0. The molecule has 154 valence electrons. The Labute approximate surface area is 178 Å². The van der Waals surface area contributed by atoms with Gasteiger partial charge in [0, 0.05) is 5.41 Å². The van der Waals surface area contributed by atoms with E-state index in [0.717, 1.165) is 0 Å². The number of rotatable bonds is 6.